The van der Waals surface area contributed by atoms with Gasteiger partial charge in [0.1, 0.15) is 6.61 Å². The van der Waals surface area contributed by atoms with Gasteiger partial charge < -0.3 is 19.9 Å². The summed E-state index contributed by atoms with van der Waals surface area (Å²) < 4.78 is 11.1. The Labute approximate surface area is 126 Å². The minimum absolute atomic E-state index is 0.202. The van der Waals surface area contributed by atoms with Gasteiger partial charge in [-0.1, -0.05) is 12.1 Å². The first-order valence-corrected chi connectivity index (χ1v) is 7.66. The van der Waals surface area contributed by atoms with Gasteiger partial charge >= 0.3 is 0 Å². The molecule has 1 fully saturated rings. The quantitative estimate of drug-likeness (QED) is 0.752. The molecule has 118 valence electrons. The third kappa shape index (κ3) is 5.19. The van der Waals surface area contributed by atoms with Crippen molar-refractivity contribution in [2.75, 3.05) is 46.5 Å². The molecule has 0 aliphatic carbocycles. The Bertz CT molecular complexity index is 414. The number of likely N-dealkylation sites (tertiary alicyclic amines) is 1. The van der Waals surface area contributed by atoms with Crippen LogP contribution in [0.5, 0.6) is 11.5 Å². The number of nitrogens with zero attached hydrogens (tertiary/aromatic N) is 1. The highest BCUT2D eigenvalue weighted by atomic mass is 16.5. The molecule has 1 unspecified atom stereocenters. The number of aliphatic hydroxyl groups is 1. The van der Waals surface area contributed by atoms with Crippen LogP contribution in [0.15, 0.2) is 24.3 Å². The first-order chi connectivity index (χ1) is 10.3. The number of methoxy groups -OCH3 is 1. The molecule has 2 N–H and O–H groups in total. The molecule has 1 aromatic carbocycles. The molecule has 2 rings (SSSR count). The van der Waals surface area contributed by atoms with E-state index in [1.165, 1.54) is 12.8 Å². The van der Waals surface area contributed by atoms with Gasteiger partial charge in [-0.05, 0) is 31.5 Å². The van der Waals surface area contributed by atoms with Crippen LogP contribution >= 0.6 is 0 Å². The Morgan fingerprint density at radius 3 is 2.90 bits per heavy atom. The van der Waals surface area contributed by atoms with E-state index in [-0.39, 0.29) is 6.61 Å². The summed E-state index contributed by atoms with van der Waals surface area (Å²) in [6, 6.07) is 8.21. The highest BCUT2D eigenvalue weighted by Crippen LogP contribution is 2.25. The van der Waals surface area contributed by atoms with E-state index in [0.29, 0.717) is 19.2 Å². The van der Waals surface area contributed by atoms with Gasteiger partial charge in [-0.25, -0.2) is 0 Å². The normalized spacial score (nSPS) is 19.4. The number of ether oxygens (including phenoxy) is 2. The molecule has 0 radical (unpaired) electrons. The standard InChI is InChI=1S/C16H26N2O3/c1-20-15-6-2-3-7-16(15)21-12-10-18-9-4-5-14(13-18)17-8-11-19/h2-3,6-7,14,17,19H,4-5,8-13H2,1H3. The molecule has 5 nitrogen and oxygen atoms in total. The summed E-state index contributed by atoms with van der Waals surface area (Å²) in [5, 5.41) is 12.2. The summed E-state index contributed by atoms with van der Waals surface area (Å²) in [5.74, 6) is 1.57. The zero-order valence-electron chi connectivity index (χ0n) is 12.8. The molecule has 5 heteroatoms. The highest BCUT2D eigenvalue weighted by molar-refractivity contribution is 5.39. The number of para-hydroxylation sites is 2. The van der Waals surface area contributed by atoms with E-state index < -0.39 is 0 Å². The third-order valence-corrected chi connectivity index (χ3v) is 3.78. The third-order valence-electron chi connectivity index (χ3n) is 3.78. The minimum Gasteiger partial charge on any atom is -0.493 e. The molecule has 0 spiro atoms. The van der Waals surface area contributed by atoms with Gasteiger partial charge in [0.25, 0.3) is 0 Å². The van der Waals surface area contributed by atoms with Crippen molar-refractivity contribution in [2.24, 2.45) is 0 Å². The summed E-state index contributed by atoms with van der Waals surface area (Å²) in [7, 11) is 1.66. The van der Waals surface area contributed by atoms with E-state index in [1.807, 2.05) is 24.3 Å². The molecular weight excluding hydrogens is 268 g/mol. The van der Waals surface area contributed by atoms with Crippen LogP contribution < -0.4 is 14.8 Å². The topological polar surface area (TPSA) is 54.0 Å². The molecule has 1 aliphatic rings. The van der Waals surface area contributed by atoms with Gasteiger partial charge in [0.05, 0.1) is 13.7 Å². The number of aliphatic hydroxyl groups excluding tert-OH is 1. The molecule has 1 heterocycles. The number of nitrogens with one attached hydrogen (secondary N) is 1. The van der Waals surface area contributed by atoms with E-state index >= 15 is 0 Å². The van der Waals surface area contributed by atoms with E-state index in [2.05, 4.69) is 10.2 Å². The SMILES string of the molecule is COc1ccccc1OCCN1CCCC(NCCO)C1. The van der Waals surface area contributed by atoms with Gasteiger partial charge in [0.15, 0.2) is 11.5 Å². The van der Waals surface area contributed by atoms with Crippen LogP contribution in [0.3, 0.4) is 0 Å². The number of hydrogen-bond acceptors (Lipinski definition) is 5. The van der Waals surface area contributed by atoms with Crippen LogP contribution in [0.25, 0.3) is 0 Å². The summed E-state index contributed by atoms with van der Waals surface area (Å²) in [4.78, 5) is 2.41. The van der Waals surface area contributed by atoms with Crippen LogP contribution in [-0.2, 0) is 0 Å². The Hall–Kier alpha value is -1.30. The van der Waals surface area contributed by atoms with Crippen molar-refractivity contribution >= 4 is 0 Å². The second-order valence-electron chi connectivity index (χ2n) is 5.32. The molecule has 1 atom stereocenters. The summed E-state index contributed by atoms with van der Waals surface area (Å²) in [6.45, 7) is 4.59. The Balaban J connectivity index is 1.72. The van der Waals surface area contributed by atoms with Crippen LogP contribution in [0.4, 0.5) is 0 Å². The fourth-order valence-corrected chi connectivity index (χ4v) is 2.72. The number of benzene rings is 1. The molecule has 21 heavy (non-hydrogen) atoms. The lowest BCUT2D eigenvalue weighted by Crippen LogP contribution is -2.47. The second-order valence-corrected chi connectivity index (χ2v) is 5.32. The number of rotatable bonds is 8. The van der Waals surface area contributed by atoms with Crippen molar-refractivity contribution in [3.63, 3.8) is 0 Å². The highest BCUT2D eigenvalue weighted by Gasteiger charge is 2.19. The predicted octanol–water partition coefficient (Wildman–Crippen LogP) is 1.12. The van der Waals surface area contributed by atoms with Crippen LogP contribution in [0.1, 0.15) is 12.8 Å². The lowest BCUT2D eigenvalue weighted by molar-refractivity contribution is 0.154. The van der Waals surface area contributed by atoms with E-state index in [1.54, 1.807) is 7.11 Å². The van der Waals surface area contributed by atoms with Crippen molar-refractivity contribution in [3.8, 4) is 11.5 Å². The Morgan fingerprint density at radius 2 is 2.14 bits per heavy atom. The fraction of sp³-hybridized carbons (Fsp3) is 0.625. The van der Waals surface area contributed by atoms with Gasteiger partial charge in [0, 0.05) is 25.7 Å². The molecule has 0 bridgehead atoms. The maximum absolute atomic E-state index is 8.87. The number of hydrogen-bond donors (Lipinski definition) is 2. The maximum Gasteiger partial charge on any atom is 0.161 e. The zero-order valence-corrected chi connectivity index (χ0v) is 12.8. The molecule has 1 saturated heterocycles. The lowest BCUT2D eigenvalue weighted by atomic mass is 10.1. The number of piperidine rings is 1. The largest absolute Gasteiger partial charge is 0.493 e. The molecule has 0 amide bonds. The Kier molecular flexibility index (Phi) is 6.79. The Morgan fingerprint density at radius 1 is 1.33 bits per heavy atom. The molecular formula is C16H26N2O3. The molecule has 0 saturated carbocycles. The van der Waals surface area contributed by atoms with Crippen molar-refractivity contribution in [2.45, 2.75) is 18.9 Å². The van der Waals surface area contributed by atoms with Gasteiger partial charge in [0.2, 0.25) is 0 Å². The average Bonchev–Trinajstić information content (AvgIpc) is 2.54. The molecule has 0 aromatic heterocycles. The van der Waals surface area contributed by atoms with Crippen molar-refractivity contribution in [1.82, 2.24) is 10.2 Å². The minimum atomic E-state index is 0.202. The van der Waals surface area contributed by atoms with E-state index in [0.717, 1.165) is 31.1 Å². The second kappa shape index (κ2) is 8.87. The lowest BCUT2D eigenvalue weighted by Gasteiger charge is -2.33. The van der Waals surface area contributed by atoms with Crippen LogP contribution in [0.2, 0.25) is 0 Å². The first-order valence-electron chi connectivity index (χ1n) is 7.66. The van der Waals surface area contributed by atoms with Crippen molar-refractivity contribution in [3.05, 3.63) is 24.3 Å². The van der Waals surface area contributed by atoms with Crippen molar-refractivity contribution in [1.29, 1.82) is 0 Å². The fourth-order valence-electron chi connectivity index (χ4n) is 2.72. The average molecular weight is 294 g/mol. The monoisotopic (exact) mass is 294 g/mol. The molecule has 1 aliphatic heterocycles. The summed E-state index contributed by atoms with van der Waals surface area (Å²) >= 11 is 0. The van der Waals surface area contributed by atoms with E-state index in [4.69, 9.17) is 14.6 Å². The van der Waals surface area contributed by atoms with Gasteiger partial charge in [-0.3, -0.25) is 4.90 Å². The zero-order chi connectivity index (χ0) is 14.9. The van der Waals surface area contributed by atoms with E-state index in [9.17, 15) is 0 Å². The predicted molar refractivity (Wildman–Crippen MR) is 83.0 cm³/mol. The van der Waals surface area contributed by atoms with Gasteiger partial charge in [-0.2, -0.15) is 0 Å². The van der Waals surface area contributed by atoms with Crippen LogP contribution in [-0.4, -0.2) is 62.6 Å². The van der Waals surface area contributed by atoms with Gasteiger partial charge in [-0.15, -0.1) is 0 Å². The van der Waals surface area contributed by atoms with Crippen LogP contribution in [0, 0.1) is 0 Å². The smallest absolute Gasteiger partial charge is 0.161 e. The summed E-state index contributed by atoms with van der Waals surface area (Å²) in [6.07, 6.45) is 2.38. The summed E-state index contributed by atoms with van der Waals surface area (Å²) in [5.41, 5.74) is 0. The molecule has 1 aromatic rings. The first kappa shape index (κ1) is 16.1. The maximum atomic E-state index is 8.87. The van der Waals surface area contributed by atoms with Crippen molar-refractivity contribution < 1.29 is 14.6 Å².